The minimum Gasteiger partial charge on any atom is -0.415 e. The third-order valence-corrected chi connectivity index (χ3v) is 15.0. The first-order valence-corrected chi connectivity index (χ1v) is 16.8. The van der Waals surface area contributed by atoms with Gasteiger partial charge in [-0.05, 0) is 70.6 Å². The zero-order chi connectivity index (χ0) is 19.6. The van der Waals surface area contributed by atoms with E-state index in [1.807, 2.05) is 0 Å². The van der Waals surface area contributed by atoms with Gasteiger partial charge in [-0.15, -0.1) is 0 Å². The molecule has 1 rings (SSSR count). The molecule has 26 heavy (non-hydrogen) atoms. The summed E-state index contributed by atoms with van der Waals surface area (Å²) in [5.41, 5.74) is 0. The highest BCUT2D eigenvalue weighted by molar-refractivity contribution is 6.77. The van der Waals surface area contributed by atoms with Gasteiger partial charge in [0.2, 0.25) is 0 Å². The van der Waals surface area contributed by atoms with Crippen molar-refractivity contribution in [2.75, 3.05) is 46.3 Å². The summed E-state index contributed by atoms with van der Waals surface area (Å²) in [6.45, 7) is 21.4. The molecule has 0 aromatic rings. The lowest BCUT2D eigenvalue weighted by Crippen LogP contribution is -2.50. The molecule has 1 aliphatic heterocycles. The van der Waals surface area contributed by atoms with Crippen molar-refractivity contribution in [1.29, 1.82) is 0 Å². The van der Waals surface area contributed by atoms with E-state index < -0.39 is 16.6 Å². The molecule has 0 bridgehead atoms. The number of nitrogens with one attached hydrogen (secondary N) is 1. The van der Waals surface area contributed by atoms with Gasteiger partial charge in [-0.1, -0.05) is 20.8 Å². The van der Waals surface area contributed by atoms with Crippen LogP contribution in [0.2, 0.25) is 37.3 Å². The van der Waals surface area contributed by atoms with E-state index in [1.165, 1.54) is 63.2 Å². The number of rotatable bonds is 13. The van der Waals surface area contributed by atoms with Gasteiger partial charge in [0.05, 0.1) is 0 Å². The maximum absolute atomic E-state index is 6.56. The maximum Gasteiger partial charge on any atom is 0.187 e. The van der Waals surface area contributed by atoms with Crippen molar-refractivity contribution in [3.63, 3.8) is 0 Å². The van der Waals surface area contributed by atoms with Crippen LogP contribution in [0, 0.1) is 0 Å². The highest BCUT2D eigenvalue weighted by Gasteiger charge is 2.32. The Morgan fingerprint density at radius 3 is 2.19 bits per heavy atom. The lowest BCUT2D eigenvalue weighted by atomic mass is 10.2. The van der Waals surface area contributed by atoms with Gasteiger partial charge >= 0.3 is 0 Å². The monoisotopic (exact) mass is 401 g/mol. The van der Waals surface area contributed by atoms with Crippen LogP contribution in [0.15, 0.2) is 0 Å². The molecule has 1 aliphatic rings. The first-order chi connectivity index (χ1) is 12.3. The van der Waals surface area contributed by atoms with Crippen molar-refractivity contribution in [3.05, 3.63) is 0 Å². The van der Waals surface area contributed by atoms with Crippen molar-refractivity contribution in [2.45, 2.75) is 83.9 Å². The first kappa shape index (κ1) is 24.3. The van der Waals surface area contributed by atoms with Crippen molar-refractivity contribution >= 4 is 16.6 Å². The summed E-state index contributed by atoms with van der Waals surface area (Å²) in [6.07, 6.45) is 2.88. The number of piperazine rings is 1. The van der Waals surface area contributed by atoms with Gasteiger partial charge in [-0.3, -0.25) is 0 Å². The summed E-state index contributed by atoms with van der Waals surface area (Å²) in [5.74, 6) is 0. The average Bonchev–Trinajstić information content (AvgIpc) is 2.62. The van der Waals surface area contributed by atoms with Crippen molar-refractivity contribution in [3.8, 4) is 0 Å². The molecule has 0 aromatic heterocycles. The van der Waals surface area contributed by atoms with Crippen LogP contribution in [0.5, 0.6) is 0 Å². The molecular formula is C20H47N3OSi2. The standard InChI is InChI=1S/C20H47N3OSi2/c1-8-26(9-2,10-3)22(5)15-11-19-25(6,7)24-20(4)12-16-23-17-13-21-14-18-23/h20-21H,8-19H2,1-7H3. The Labute approximate surface area is 166 Å². The molecule has 156 valence electrons. The molecule has 0 radical (unpaired) electrons. The Kier molecular flexibility index (Phi) is 11.2. The highest BCUT2D eigenvalue weighted by atomic mass is 28.4. The normalized spacial score (nSPS) is 18.5. The fourth-order valence-electron chi connectivity index (χ4n) is 4.50. The topological polar surface area (TPSA) is 27.7 Å². The lowest BCUT2D eigenvalue weighted by molar-refractivity contribution is 0.160. The third-order valence-electron chi connectivity index (χ3n) is 6.64. The summed E-state index contributed by atoms with van der Waals surface area (Å²) >= 11 is 0. The minimum absolute atomic E-state index is 0.402. The molecular weight excluding hydrogens is 354 g/mol. The van der Waals surface area contributed by atoms with Gasteiger partial charge in [0.1, 0.15) is 8.24 Å². The number of hydrogen-bond donors (Lipinski definition) is 1. The molecule has 1 fully saturated rings. The van der Waals surface area contributed by atoms with Gasteiger partial charge in [-0.25, -0.2) is 0 Å². The van der Waals surface area contributed by atoms with Crippen molar-refractivity contribution in [2.24, 2.45) is 0 Å². The molecule has 0 aliphatic carbocycles. The van der Waals surface area contributed by atoms with E-state index in [1.54, 1.807) is 0 Å². The molecule has 6 heteroatoms. The van der Waals surface area contributed by atoms with Crippen LogP contribution >= 0.6 is 0 Å². The van der Waals surface area contributed by atoms with Gasteiger partial charge in [0.25, 0.3) is 0 Å². The van der Waals surface area contributed by atoms with Gasteiger partial charge in [0, 0.05) is 38.8 Å². The predicted octanol–water partition coefficient (Wildman–Crippen LogP) is 4.22. The fourth-order valence-corrected chi connectivity index (χ4v) is 10.6. The van der Waals surface area contributed by atoms with E-state index >= 15 is 0 Å². The lowest BCUT2D eigenvalue weighted by Gasteiger charge is -2.39. The van der Waals surface area contributed by atoms with Crippen LogP contribution in [0.4, 0.5) is 0 Å². The molecule has 1 atom stereocenters. The van der Waals surface area contributed by atoms with Crippen molar-refractivity contribution < 1.29 is 4.43 Å². The van der Waals surface area contributed by atoms with E-state index in [2.05, 4.69) is 62.6 Å². The smallest absolute Gasteiger partial charge is 0.187 e. The third kappa shape index (κ3) is 8.11. The summed E-state index contributed by atoms with van der Waals surface area (Å²) in [6, 6.07) is 5.45. The Balaban J connectivity index is 2.31. The summed E-state index contributed by atoms with van der Waals surface area (Å²) in [7, 11) is -0.352. The summed E-state index contributed by atoms with van der Waals surface area (Å²) in [4.78, 5) is 2.57. The van der Waals surface area contributed by atoms with Gasteiger partial charge in [-0.2, -0.15) is 0 Å². The second-order valence-electron chi connectivity index (χ2n) is 8.88. The Hall–Kier alpha value is 0.274. The van der Waals surface area contributed by atoms with Crippen LogP contribution in [0.25, 0.3) is 0 Å². The van der Waals surface area contributed by atoms with Crippen LogP contribution in [-0.4, -0.2) is 78.4 Å². The quantitative estimate of drug-likeness (QED) is 0.468. The zero-order valence-corrected chi connectivity index (χ0v) is 20.9. The van der Waals surface area contributed by atoms with E-state index in [0.717, 1.165) is 13.1 Å². The number of hydrogen-bond acceptors (Lipinski definition) is 4. The molecule has 0 aromatic carbocycles. The second-order valence-corrected chi connectivity index (χ2v) is 18.5. The van der Waals surface area contributed by atoms with Gasteiger partial charge in [0.15, 0.2) is 8.32 Å². The Morgan fingerprint density at radius 2 is 1.65 bits per heavy atom. The Bertz CT molecular complexity index is 364. The SMILES string of the molecule is CC[Si](CC)(CC)N(C)CCC[Si](C)(C)OC(C)CCN1CCNCC1. The second kappa shape index (κ2) is 12.0. The maximum atomic E-state index is 6.56. The molecule has 4 nitrogen and oxygen atoms in total. The highest BCUT2D eigenvalue weighted by Crippen LogP contribution is 2.25. The van der Waals surface area contributed by atoms with Crippen LogP contribution in [-0.2, 0) is 4.43 Å². The van der Waals surface area contributed by atoms with E-state index in [9.17, 15) is 0 Å². The summed E-state index contributed by atoms with van der Waals surface area (Å²) < 4.78 is 9.32. The van der Waals surface area contributed by atoms with Crippen molar-refractivity contribution in [1.82, 2.24) is 14.8 Å². The first-order valence-electron chi connectivity index (χ1n) is 11.1. The molecule has 1 N–H and O–H groups in total. The molecule has 0 saturated carbocycles. The van der Waals surface area contributed by atoms with Crippen LogP contribution in [0.1, 0.15) is 40.5 Å². The van der Waals surface area contributed by atoms with Crippen LogP contribution in [0.3, 0.4) is 0 Å². The molecule has 1 saturated heterocycles. The molecule has 0 amide bonds. The van der Waals surface area contributed by atoms with Crippen LogP contribution < -0.4 is 5.32 Å². The minimum atomic E-state index is -1.55. The number of nitrogens with zero attached hydrogens (tertiary/aromatic N) is 2. The van der Waals surface area contributed by atoms with E-state index in [-0.39, 0.29) is 0 Å². The largest absolute Gasteiger partial charge is 0.415 e. The zero-order valence-electron chi connectivity index (χ0n) is 18.9. The van der Waals surface area contributed by atoms with E-state index in [0.29, 0.717) is 6.10 Å². The average molecular weight is 402 g/mol. The predicted molar refractivity (Wildman–Crippen MR) is 121 cm³/mol. The van der Waals surface area contributed by atoms with E-state index in [4.69, 9.17) is 4.43 Å². The fraction of sp³-hybridized carbons (Fsp3) is 1.00. The molecule has 1 unspecified atom stereocenters. The Morgan fingerprint density at radius 1 is 1.08 bits per heavy atom. The summed E-state index contributed by atoms with van der Waals surface area (Å²) in [5, 5.41) is 3.43. The molecule has 0 spiro atoms. The molecule has 1 heterocycles. The van der Waals surface area contributed by atoms with Gasteiger partial charge < -0.3 is 19.2 Å².